The number of ether oxygens (including phenoxy) is 1. The van der Waals surface area contributed by atoms with Gasteiger partial charge in [0.2, 0.25) is 0 Å². The first-order valence-electron chi connectivity index (χ1n) is 12.7. The molecule has 1 fully saturated rings. The molecule has 1 amide bonds. The fraction of sp³-hybridized carbons (Fsp3) is 0.214. The largest absolute Gasteiger partial charge is 0.457 e. The quantitative estimate of drug-likeness (QED) is 0.276. The number of fused-ring (bicyclic) bond motifs is 2. The van der Waals surface area contributed by atoms with E-state index in [4.69, 9.17) is 9.72 Å². The monoisotopic (exact) mass is 575 g/mol. The molecule has 210 valence electrons. The summed E-state index contributed by atoms with van der Waals surface area (Å²) in [6, 6.07) is 10.3. The lowest BCUT2D eigenvalue weighted by Crippen LogP contribution is -2.25. The van der Waals surface area contributed by atoms with Crippen molar-refractivity contribution in [3.8, 4) is 11.5 Å². The van der Waals surface area contributed by atoms with Gasteiger partial charge in [-0.3, -0.25) is 9.69 Å². The van der Waals surface area contributed by atoms with Crippen molar-refractivity contribution in [3.05, 3.63) is 78.3 Å². The van der Waals surface area contributed by atoms with Gasteiger partial charge in [0.1, 0.15) is 35.5 Å². The normalized spacial score (nSPS) is 14.3. The number of hydrogen-bond acceptors (Lipinski definition) is 9. The fourth-order valence-corrected chi connectivity index (χ4v) is 4.48. The zero-order valence-corrected chi connectivity index (χ0v) is 23.4. The first-order chi connectivity index (χ1) is 19.4. The van der Waals surface area contributed by atoms with Gasteiger partial charge in [0, 0.05) is 36.5 Å². The third kappa shape index (κ3) is 5.52. The van der Waals surface area contributed by atoms with E-state index in [1.807, 2.05) is 25.1 Å². The van der Waals surface area contributed by atoms with Crippen molar-refractivity contribution in [2.24, 2.45) is 0 Å². The molecule has 5 aromatic rings. The van der Waals surface area contributed by atoms with Crippen LogP contribution in [0.25, 0.3) is 16.7 Å². The Morgan fingerprint density at radius 3 is 2.80 bits per heavy atom. The lowest BCUT2D eigenvalue weighted by atomic mass is 10.1. The van der Waals surface area contributed by atoms with Gasteiger partial charge in [0.15, 0.2) is 17.3 Å². The molecule has 0 saturated carbocycles. The van der Waals surface area contributed by atoms with Gasteiger partial charge in [-0.15, -0.1) is 12.4 Å². The lowest BCUT2D eigenvalue weighted by Gasteiger charge is -2.16. The fourth-order valence-electron chi connectivity index (χ4n) is 4.48. The van der Waals surface area contributed by atoms with Crippen LogP contribution in [0, 0.1) is 12.7 Å². The van der Waals surface area contributed by atoms with E-state index in [0.717, 1.165) is 5.57 Å². The van der Waals surface area contributed by atoms with Crippen molar-refractivity contribution in [1.82, 2.24) is 34.4 Å². The second-order valence-corrected chi connectivity index (χ2v) is 9.66. The van der Waals surface area contributed by atoms with Crippen molar-refractivity contribution in [3.63, 3.8) is 0 Å². The highest BCUT2D eigenvalue weighted by Crippen LogP contribution is 2.33. The van der Waals surface area contributed by atoms with E-state index in [2.05, 4.69) is 25.4 Å². The second-order valence-electron chi connectivity index (χ2n) is 9.66. The summed E-state index contributed by atoms with van der Waals surface area (Å²) >= 11 is 0. The molecule has 11 nitrogen and oxygen atoms in total. The summed E-state index contributed by atoms with van der Waals surface area (Å²) in [6.45, 7) is 2.86. The Morgan fingerprint density at radius 2 is 1.98 bits per heavy atom. The second kappa shape index (κ2) is 11.4. The zero-order chi connectivity index (χ0) is 27.8. The van der Waals surface area contributed by atoms with E-state index in [1.165, 1.54) is 12.7 Å². The highest BCUT2D eigenvalue weighted by Gasteiger charge is 2.28. The zero-order valence-electron chi connectivity index (χ0n) is 22.6. The van der Waals surface area contributed by atoms with Crippen LogP contribution in [0.2, 0.25) is 0 Å². The molecule has 41 heavy (non-hydrogen) atoms. The highest BCUT2D eigenvalue weighted by atomic mass is 35.5. The first-order valence-corrected chi connectivity index (χ1v) is 12.7. The Bertz CT molecular complexity index is 1790. The SMILES string of the molecule is Cc1c(Oc2ccn3ncnc3c2)ccc(Nc2ncnc3ccc(N4CC/C(=C\CN(C)C)C4=O)nc23)c1F.Cl. The smallest absolute Gasteiger partial charge is 0.255 e. The standard InChI is InChI=1S/C28H26FN9O2.ClH/c1-17-22(40-19-10-13-38-24(14-19)31-16-33-38)6-4-20(25(17)29)34-27-26-21(30-15-32-27)5-7-23(35-26)37-12-9-18(28(37)39)8-11-36(2)3;/h4-8,10,13-16H,9,11-12H2,1-3H3,(H,30,32,34);1H/b18-8+;. The van der Waals surface area contributed by atoms with Crippen molar-refractivity contribution in [2.45, 2.75) is 13.3 Å². The Morgan fingerprint density at radius 1 is 1.12 bits per heavy atom. The highest BCUT2D eigenvalue weighted by molar-refractivity contribution is 6.08. The number of anilines is 3. The molecule has 6 rings (SSSR count). The molecule has 1 aliphatic heterocycles. The van der Waals surface area contributed by atoms with Gasteiger partial charge in [-0.05, 0) is 57.8 Å². The van der Waals surface area contributed by atoms with Gasteiger partial charge in [-0.25, -0.2) is 28.8 Å². The maximum Gasteiger partial charge on any atom is 0.255 e. The van der Waals surface area contributed by atoms with E-state index < -0.39 is 5.82 Å². The number of benzene rings is 1. The van der Waals surface area contributed by atoms with E-state index in [9.17, 15) is 4.79 Å². The van der Waals surface area contributed by atoms with Crippen molar-refractivity contribution in [1.29, 1.82) is 0 Å². The molecular weight excluding hydrogens is 549 g/mol. The Hall–Kier alpha value is -4.68. The van der Waals surface area contributed by atoms with E-state index in [-0.39, 0.29) is 24.0 Å². The third-order valence-electron chi connectivity index (χ3n) is 6.64. The Labute approximate surface area is 241 Å². The number of carbonyl (C=O) groups excluding carboxylic acids is 1. The number of carbonyl (C=O) groups is 1. The maximum atomic E-state index is 15.5. The number of rotatable bonds is 7. The number of amides is 1. The molecule has 4 aromatic heterocycles. The van der Waals surface area contributed by atoms with Gasteiger partial charge in [-0.2, -0.15) is 5.10 Å². The van der Waals surface area contributed by atoms with E-state index in [0.29, 0.717) is 64.9 Å². The minimum Gasteiger partial charge on any atom is -0.457 e. The van der Waals surface area contributed by atoms with Gasteiger partial charge in [-0.1, -0.05) is 6.08 Å². The summed E-state index contributed by atoms with van der Waals surface area (Å²) in [6.07, 6.45) is 7.15. The molecule has 0 unspecified atom stereocenters. The number of likely N-dealkylation sites (N-methyl/N-ethyl adjacent to an activating group) is 1. The van der Waals surface area contributed by atoms with Crippen LogP contribution in [-0.4, -0.2) is 67.5 Å². The molecule has 1 saturated heterocycles. The van der Waals surface area contributed by atoms with Gasteiger partial charge in [0.25, 0.3) is 5.91 Å². The van der Waals surface area contributed by atoms with E-state index in [1.54, 1.807) is 58.9 Å². The van der Waals surface area contributed by atoms with Gasteiger partial charge in [0.05, 0.1) is 11.2 Å². The van der Waals surface area contributed by atoms with Crippen LogP contribution in [0.15, 0.2) is 66.9 Å². The number of halogens is 2. The van der Waals surface area contributed by atoms with Gasteiger partial charge >= 0.3 is 0 Å². The Kier molecular flexibility index (Phi) is 7.77. The first kappa shape index (κ1) is 27.9. The molecule has 0 aliphatic carbocycles. The molecule has 0 spiro atoms. The topological polar surface area (TPSA) is 114 Å². The molecule has 0 atom stereocenters. The van der Waals surface area contributed by atoms with Crippen LogP contribution in [0.3, 0.4) is 0 Å². The predicted octanol–water partition coefficient (Wildman–Crippen LogP) is 4.70. The molecule has 5 heterocycles. The molecule has 1 N–H and O–H groups in total. The number of hydrogen-bond donors (Lipinski definition) is 1. The van der Waals surface area contributed by atoms with Crippen LogP contribution in [0.1, 0.15) is 12.0 Å². The lowest BCUT2D eigenvalue weighted by molar-refractivity contribution is -0.114. The average Bonchev–Trinajstić information content (AvgIpc) is 3.57. The molecular formula is C28H27ClFN9O2. The van der Waals surface area contributed by atoms with Crippen LogP contribution < -0.4 is 15.0 Å². The number of aromatic nitrogens is 6. The summed E-state index contributed by atoms with van der Waals surface area (Å²) in [5.74, 6) is 1.14. The van der Waals surface area contributed by atoms with Crippen LogP contribution in [-0.2, 0) is 4.79 Å². The molecule has 1 aromatic carbocycles. The summed E-state index contributed by atoms with van der Waals surface area (Å²) in [4.78, 5) is 34.1. The number of pyridine rings is 2. The number of nitrogens with zero attached hydrogens (tertiary/aromatic N) is 8. The van der Waals surface area contributed by atoms with Crippen molar-refractivity contribution in [2.75, 3.05) is 37.4 Å². The predicted molar refractivity (Wildman–Crippen MR) is 156 cm³/mol. The summed E-state index contributed by atoms with van der Waals surface area (Å²) < 4.78 is 23.1. The van der Waals surface area contributed by atoms with Crippen LogP contribution in [0.5, 0.6) is 11.5 Å². The molecule has 0 bridgehead atoms. The average molecular weight is 576 g/mol. The maximum absolute atomic E-state index is 15.5. The van der Waals surface area contributed by atoms with Crippen molar-refractivity contribution >= 4 is 52.3 Å². The van der Waals surface area contributed by atoms with Crippen molar-refractivity contribution < 1.29 is 13.9 Å². The minimum atomic E-state index is -0.491. The van der Waals surface area contributed by atoms with Gasteiger partial charge < -0.3 is 15.0 Å². The molecule has 0 radical (unpaired) electrons. The van der Waals surface area contributed by atoms with Crippen LogP contribution in [0.4, 0.5) is 21.7 Å². The summed E-state index contributed by atoms with van der Waals surface area (Å²) in [7, 11) is 3.91. The summed E-state index contributed by atoms with van der Waals surface area (Å²) in [5, 5.41) is 7.11. The van der Waals surface area contributed by atoms with Crippen LogP contribution >= 0.6 is 12.4 Å². The molecule has 1 aliphatic rings. The number of nitrogens with one attached hydrogen (secondary N) is 1. The summed E-state index contributed by atoms with van der Waals surface area (Å²) in [5.41, 5.74) is 2.90. The minimum absolute atomic E-state index is 0. The van der Waals surface area contributed by atoms with E-state index >= 15 is 4.39 Å². The Balaban J connectivity index is 0.00000337. The molecule has 13 heteroatoms. The third-order valence-corrected chi connectivity index (χ3v) is 6.64.